The molecule has 3 heterocycles. The zero-order valence-corrected chi connectivity index (χ0v) is 23.3. The van der Waals surface area contributed by atoms with Gasteiger partial charge in [0.05, 0.1) is 32.5 Å². The molecule has 3 unspecified atom stereocenters. The van der Waals surface area contributed by atoms with Crippen molar-refractivity contribution in [2.24, 2.45) is 0 Å². The molecule has 3 atom stereocenters. The number of nitrogens with zero attached hydrogens (tertiary/aromatic N) is 1. The van der Waals surface area contributed by atoms with Crippen LogP contribution in [0.1, 0.15) is 68.6 Å². The fourth-order valence-corrected chi connectivity index (χ4v) is 4.84. The molecule has 3 saturated heterocycles. The Morgan fingerprint density at radius 2 is 1.78 bits per heavy atom. The zero-order valence-electron chi connectivity index (χ0n) is 22.6. The molecule has 3 aliphatic heterocycles. The molecule has 37 heavy (non-hydrogen) atoms. The smallest absolute Gasteiger partial charge is 0.187 e. The van der Waals surface area contributed by atoms with Crippen LogP contribution in [0, 0.1) is 0 Å². The summed E-state index contributed by atoms with van der Waals surface area (Å²) in [6.45, 7) is 14.2. The molecule has 5 rings (SSSR count). The molecule has 0 radical (unpaired) electrons. The van der Waals surface area contributed by atoms with Gasteiger partial charge in [0, 0.05) is 30.1 Å². The van der Waals surface area contributed by atoms with Gasteiger partial charge in [0.15, 0.2) is 12.1 Å². The van der Waals surface area contributed by atoms with E-state index in [2.05, 4.69) is 17.0 Å². The average Bonchev–Trinajstić information content (AvgIpc) is 3.46. The quantitative estimate of drug-likeness (QED) is 0.429. The Kier molecular flexibility index (Phi) is 11.4. The summed E-state index contributed by atoms with van der Waals surface area (Å²) in [4.78, 5) is 13.6. The summed E-state index contributed by atoms with van der Waals surface area (Å²) >= 11 is 6.50. The van der Waals surface area contributed by atoms with Crippen molar-refractivity contribution in [2.75, 3.05) is 39.5 Å². The predicted molar refractivity (Wildman–Crippen MR) is 144 cm³/mol. The third-order valence-corrected chi connectivity index (χ3v) is 6.54. The van der Waals surface area contributed by atoms with Crippen molar-refractivity contribution in [3.63, 3.8) is 0 Å². The number of morpholine rings is 1. The predicted octanol–water partition coefficient (Wildman–Crippen LogP) is 5.88. The Morgan fingerprint density at radius 1 is 1.08 bits per heavy atom. The minimum Gasteiger partial charge on any atom is -0.494 e. The molecular weight excluding hydrogens is 494 g/mol. The maximum atomic E-state index is 11.2. The molecule has 2 aromatic rings. The largest absolute Gasteiger partial charge is 0.494 e. The lowest BCUT2D eigenvalue weighted by molar-refractivity contribution is -0.192. The van der Waals surface area contributed by atoms with Gasteiger partial charge in [0.1, 0.15) is 18.1 Å². The molecular formula is C29H40ClNO6. The Bertz CT molecular complexity index is 963. The van der Waals surface area contributed by atoms with Crippen LogP contribution in [-0.4, -0.2) is 68.9 Å². The van der Waals surface area contributed by atoms with Crippen LogP contribution >= 0.6 is 11.6 Å². The van der Waals surface area contributed by atoms with Crippen LogP contribution in [0.2, 0.25) is 5.02 Å². The van der Waals surface area contributed by atoms with Gasteiger partial charge in [-0.25, -0.2) is 0 Å². The number of halogens is 1. The zero-order chi connectivity index (χ0) is 26.8. The van der Waals surface area contributed by atoms with E-state index in [9.17, 15) is 4.79 Å². The normalized spacial score (nSPS) is 23.1. The topological polar surface area (TPSA) is 66.5 Å². The second kappa shape index (κ2) is 14.2. The molecule has 2 aromatic carbocycles. The summed E-state index contributed by atoms with van der Waals surface area (Å²) in [6.07, 6.45) is 1.90. The van der Waals surface area contributed by atoms with E-state index < -0.39 is 5.79 Å². The van der Waals surface area contributed by atoms with E-state index in [4.69, 9.17) is 35.3 Å². The third-order valence-electron chi connectivity index (χ3n) is 6.19. The molecule has 0 saturated carbocycles. The van der Waals surface area contributed by atoms with E-state index in [0.717, 1.165) is 49.3 Å². The molecule has 8 heteroatoms. The van der Waals surface area contributed by atoms with Crippen molar-refractivity contribution >= 4 is 17.9 Å². The second-order valence-electron chi connectivity index (χ2n) is 9.15. The molecule has 204 valence electrons. The summed E-state index contributed by atoms with van der Waals surface area (Å²) in [6, 6.07) is 13.5. The molecule has 0 aromatic heterocycles. The number of carbonyl (C=O) groups is 1. The summed E-state index contributed by atoms with van der Waals surface area (Å²) in [5.41, 5.74) is 2.69. The van der Waals surface area contributed by atoms with E-state index in [0.29, 0.717) is 30.4 Å². The van der Waals surface area contributed by atoms with Crippen molar-refractivity contribution in [1.29, 1.82) is 0 Å². The molecule has 7 nitrogen and oxygen atoms in total. The standard InChI is InChI=1S/C20H22ClNO3.C7H12O3.C2H6/c1-2-25-17-6-4-16(5-7-17)20(22-9-11-24-12-10-22)18-13-15(14-23)3-8-19(18)21;1-7(2)9-5-3-4-8-6(5)10-7;1-2/h3-8,13-14,20H,2,9-12H2,1H3;5-6H,3-4H2,1-2H3;1-2H3. The Morgan fingerprint density at radius 3 is 2.41 bits per heavy atom. The highest BCUT2D eigenvalue weighted by Gasteiger charge is 2.44. The SMILES string of the molecule is CC.CC1(C)OC2CCOC2O1.CCOc1ccc(C(c2cc(C=O)ccc2Cl)N2CCOCC2)cc1. The van der Waals surface area contributed by atoms with Crippen LogP contribution in [0.25, 0.3) is 0 Å². The molecule has 0 N–H and O–H groups in total. The summed E-state index contributed by atoms with van der Waals surface area (Å²) in [7, 11) is 0. The van der Waals surface area contributed by atoms with Gasteiger partial charge in [0.25, 0.3) is 0 Å². The first-order valence-corrected chi connectivity index (χ1v) is 13.5. The van der Waals surface area contributed by atoms with E-state index in [1.807, 2.05) is 52.8 Å². The minimum atomic E-state index is -0.435. The Balaban J connectivity index is 0.000000262. The Labute approximate surface area is 225 Å². The van der Waals surface area contributed by atoms with Crippen LogP contribution in [0.15, 0.2) is 42.5 Å². The first kappa shape index (κ1) is 29.6. The fourth-order valence-electron chi connectivity index (χ4n) is 4.62. The highest BCUT2D eigenvalue weighted by Crippen LogP contribution is 2.35. The van der Waals surface area contributed by atoms with Gasteiger partial charge in [-0.3, -0.25) is 9.69 Å². The molecule has 0 bridgehead atoms. The highest BCUT2D eigenvalue weighted by atomic mass is 35.5. The number of hydrogen-bond acceptors (Lipinski definition) is 7. The summed E-state index contributed by atoms with van der Waals surface area (Å²) < 4.78 is 27.3. The van der Waals surface area contributed by atoms with Crippen LogP contribution < -0.4 is 4.74 Å². The average molecular weight is 534 g/mol. The molecule has 3 aliphatic rings. The molecule has 3 fully saturated rings. The number of benzene rings is 2. The van der Waals surface area contributed by atoms with Crippen LogP contribution in [0.5, 0.6) is 5.75 Å². The lowest BCUT2D eigenvalue weighted by atomic mass is 9.95. The van der Waals surface area contributed by atoms with Gasteiger partial charge in [-0.2, -0.15) is 0 Å². The van der Waals surface area contributed by atoms with Gasteiger partial charge >= 0.3 is 0 Å². The van der Waals surface area contributed by atoms with Gasteiger partial charge < -0.3 is 23.7 Å². The molecule has 0 spiro atoms. The number of aldehydes is 1. The van der Waals surface area contributed by atoms with Gasteiger partial charge in [-0.15, -0.1) is 0 Å². The molecule has 0 amide bonds. The number of fused-ring (bicyclic) bond motifs is 1. The monoisotopic (exact) mass is 533 g/mol. The lowest BCUT2D eigenvalue weighted by Gasteiger charge is -2.35. The highest BCUT2D eigenvalue weighted by molar-refractivity contribution is 6.31. The Hall–Kier alpha value is -2.00. The van der Waals surface area contributed by atoms with E-state index in [1.165, 1.54) is 0 Å². The maximum Gasteiger partial charge on any atom is 0.187 e. The van der Waals surface area contributed by atoms with Crippen molar-refractivity contribution in [1.82, 2.24) is 4.90 Å². The number of ether oxygens (including phenoxy) is 5. The van der Waals surface area contributed by atoms with Crippen LogP contribution in [0.4, 0.5) is 0 Å². The fraction of sp³-hybridized carbons (Fsp3) is 0.552. The van der Waals surface area contributed by atoms with Crippen LogP contribution in [-0.2, 0) is 18.9 Å². The van der Waals surface area contributed by atoms with Crippen molar-refractivity contribution in [2.45, 2.75) is 65.3 Å². The second-order valence-corrected chi connectivity index (χ2v) is 9.56. The first-order valence-electron chi connectivity index (χ1n) is 13.2. The van der Waals surface area contributed by atoms with Gasteiger partial charge in [-0.1, -0.05) is 43.6 Å². The number of hydrogen-bond donors (Lipinski definition) is 0. The van der Waals surface area contributed by atoms with E-state index in [1.54, 1.807) is 12.1 Å². The van der Waals surface area contributed by atoms with Crippen molar-refractivity contribution in [3.8, 4) is 5.75 Å². The van der Waals surface area contributed by atoms with Gasteiger partial charge in [0.2, 0.25) is 0 Å². The van der Waals surface area contributed by atoms with Crippen molar-refractivity contribution in [3.05, 3.63) is 64.2 Å². The molecule has 0 aliphatic carbocycles. The summed E-state index contributed by atoms with van der Waals surface area (Å²) in [5.74, 6) is 0.412. The summed E-state index contributed by atoms with van der Waals surface area (Å²) in [5, 5.41) is 0.663. The third kappa shape index (κ3) is 7.99. The van der Waals surface area contributed by atoms with E-state index in [-0.39, 0.29) is 18.4 Å². The van der Waals surface area contributed by atoms with Crippen LogP contribution in [0.3, 0.4) is 0 Å². The van der Waals surface area contributed by atoms with Gasteiger partial charge in [-0.05, 0) is 56.2 Å². The van der Waals surface area contributed by atoms with E-state index >= 15 is 0 Å². The minimum absolute atomic E-state index is 0.0213. The number of carbonyl (C=O) groups excluding carboxylic acids is 1. The van der Waals surface area contributed by atoms with Crippen molar-refractivity contribution < 1.29 is 28.5 Å². The lowest BCUT2D eigenvalue weighted by Crippen LogP contribution is -2.39. The number of rotatable bonds is 6. The first-order chi connectivity index (χ1) is 17.9. The maximum absolute atomic E-state index is 11.2.